The Morgan fingerprint density at radius 3 is 1.91 bits per heavy atom. The second-order valence-corrected chi connectivity index (χ2v) is 10.1. The Bertz CT molecular complexity index is 1100. The molecule has 6 rings (SSSR count). The van der Waals surface area contributed by atoms with Gasteiger partial charge in [0.2, 0.25) is 5.88 Å². The maximum atomic E-state index is 6.26. The van der Waals surface area contributed by atoms with Gasteiger partial charge in [0, 0.05) is 25.7 Å². The first-order valence-electron chi connectivity index (χ1n) is 12.9. The lowest BCUT2D eigenvalue weighted by Gasteiger charge is -2.30. The topological polar surface area (TPSA) is 19.0 Å². The molecule has 2 atom stereocenters. The van der Waals surface area contributed by atoms with E-state index in [-0.39, 0.29) is 0 Å². The second-order valence-electron chi connectivity index (χ2n) is 10.1. The number of hydrogen-bond acceptors (Lipinski definition) is 3. The average molecular weight is 451 g/mol. The molecule has 0 aliphatic carbocycles. The predicted octanol–water partition coefficient (Wildman–Crippen LogP) is 6.55. The van der Waals surface area contributed by atoms with Crippen molar-refractivity contribution in [1.29, 1.82) is 0 Å². The standard InChI is InChI=1S/C31H34N2O/c1-4-10-24(11-5-1)22-25-18-20-32(21-19-25)31-30(34-31)29-17-16-28(27-14-8-3-9-15-27)33(29)23-26-12-6-2-7-13-26/h1-15,25,28-29H,16-23H2/t28-,29+/m0/s1. The fraction of sp³-hybridized carbons (Fsp3) is 0.355. The molecule has 3 aliphatic heterocycles. The molecule has 0 radical (unpaired) electrons. The predicted molar refractivity (Wildman–Crippen MR) is 137 cm³/mol. The van der Waals surface area contributed by atoms with Crippen molar-refractivity contribution in [3.8, 4) is 0 Å². The Hall–Kier alpha value is -3.04. The average Bonchev–Trinajstić information content (AvgIpc) is 3.59. The van der Waals surface area contributed by atoms with E-state index in [1.807, 2.05) is 0 Å². The SMILES string of the molecule is c1ccc(CC2CCN(C3=C([C@H]4CC[C@@H](c5ccccc5)N4Cc4ccccc4)O3)CC2)cc1. The van der Waals surface area contributed by atoms with Crippen LogP contribution >= 0.6 is 0 Å². The summed E-state index contributed by atoms with van der Waals surface area (Å²) in [5.41, 5.74) is 4.27. The highest BCUT2D eigenvalue weighted by molar-refractivity contribution is 5.29. The van der Waals surface area contributed by atoms with Gasteiger partial charge in [-0.25, -0.2) is 0 Å². The molecule has 3 aromatic carbocycles. The fourth-order valence-electron chi connectivity index (χ4n) is 5.99. The van der Waals surface area contributed by atoms with Crippen LogP contribution in [0.2, 0.25) is 0 Å². The monoisotopic (exact) mass is 450 g/mol. The van der Waals surface area contributed by atoms with Crippen molar-refractivity contribution < 1.29 is 4.74 Å². The Balaban J connectivity index is 1.15. The summed E-state index contributed by atoms with van der Waals surface area (Å²) in [5, 5.41) is 0. The third-order valence-corrected chi connectivity index (χ3v) is 7.85. The Labute approximate surface area is 203 Å². The van der Waals surface area contributed by atoms with Crippen molar-refractivity contribution in [1.82, 2.24) is 9.80 Å². The molecule has 0 spiro atoms. The molecule has 174 valence electrons. The van der Waals surface area contributed by atoms with Crippen LogP contribution in [0, 0.1) is 5.92 Å². The summed E-state index contributed by atoms with van der Waals surface area (Å²) in [6.07, 6.45) is 6.05. The van der Waals surface area contributed by atoms with E-state index in [9.17, 15) is 0 Å². The van der Waals surface area contributed by atoms with Gasteiger partial charge in [0.05, 0.1) is 6.04 Å². The minimum absolute atomic E-state index is 0.377. The van der Waals surface area contributed by atoms with Crippen LogP contribution in [0.15, 0.2) is 103 Å². The van der Waals surface area contributed by atoms with Crippen molar-refractivity contribution in [2.24, 2.45) is 5.92 Å². The minimum atomic E-state index is 0.377. The summed E-state index contributed by atoms with van der Waals surface area (Å²) in [6.45, 7) is 3.19. The summed E-state index contributed by atoms with van der Waals surface area (Å²) < 4.78 is 6.26. The third-order valence-electron chi connectivity index (χ3n) is 7.85. The molecule has 0 unspecified atom stereocenters. The number of hydrogen-bond donors (Lipinski definition) is 0. The molecular weight excluding hydrogens is 416 g/mol. The lowest BCUT2D eigenvalue weighted by molar-refractivity contribution is 0.173. The van der Waals surface area contributed by atoms with Crippen molar-refractivity contribution in [2.75, 3.05) is 13.1 Å². The molecule has 3 aromatic rings. The smallest absolute Gasteiger partial charge is 0.236 e. The summed E-state index contributed by atoms with van der Waals surface area (Å²) in [7, 11) is 0. The molecule has 0 aromatic heterocycles. The maximum Gasteiger partial charge on any atom is 0.236 e. The molecular formula is C31H34N2O. The Kier molecular flexibility index (Phi) is 6.12. The van der Waals surface area contributed by atoms with Crippen LogP contribution < -0.4 is 0 Å². The lowest BCUT2D eigenvalue weighted by Crippen LogP contribution is -2.33. The molecule has 0 amide bonds. The van der Waals surface area contributed by atoms with Crippen LogP contribution in [0.4, 0.5) is 0 Å². The first-order chi connectivity index (χ1) is 16.8. The van der Waals surface area contributed by atoms with E-state index in [0.29, 0.717) is 12.1 Å². The van der Waals surface area contributed by atoms with E-state index in [1.54, 1.807) is 0 Å². The van der Waals surface area contributed by atoms with E-state index >= 15 is 0 Å². The highest BCUT2D eigenvalue weighted by Gasteiger charge is 2.46. The molecule has 2 saturated heterocycles. The molecule has 3 nitrogen and oxygen atoms in total. The lowest BCUT2D eigenvalue weighted by atomic mass is 9.90. The van der Waals surface area contributed by atoms with Crippen LogP contribution in [0.25, 0.3) is 0 Å². The van der Waals surface area contributed by atoms with Gasteiger partial charge in [-0.05, 0) is 54.7 Å². The number of benzene rings is 3. The van der Waals surface area contributed by atoms with Gasteiger partial charge in [-0.15, -0.1) is 0 Å². The second kappa shape index (κ2) is 9.68. The molecule has 0 bridgehead atoms. The highest BCUT2D eigenvalue weighted by Crippen LogP contribution is 2.46. The van der Waals surface area contributed by atoms with Crippen molar-refractivity contribution in [3.05, 3.63) is 119 Å². The molecule has 3 aliphatic rings. The largest absolute Gasteiger partial charge is 0.435 e. The van der Waals surface area contributed by atoms with Crippen molar-refractivity contribution in [2.45, 2.75) is 50.7 Å². The first-order valence-corrected chi connectivity index (χ1v) is 12.9. The van der Waals surface area contributed by atoms with Crippen LogP contribution in [-0.2, 0) is 17.7 Å². The Morgan fingerprint density at radius 1 is 0.647 bits per heavy atom. The normalized spacial score (nSPS) is 23.2. The third kappa shape index (κ3) is 4.63. The summed E-state index contributed by atoms with van der Waals surface area (Å²) in [5.74, 6) is 3.19. The zero-order valence-electron chi connectivity index (χ0n) is 19.9. The van der Waals surface area contributed by atoms with Gasteiger partial charge in [0.15, 0.2) is 5.76 Å². The van der Waals surface area contributed by atoms with E-state index in [4.69, 9.17) is 4.74 Å². The quantitative estimate of drug-likeness (QED) is 0.407. The molecule has 2 fully saturated rings. The highest BCUT2D eigenvalue weighted by atomic mass is 16.6. The van der Waals surface area contributed by atoms with Crippen molar-refractivity contribution >= 4 is 0 Å². The number of piperidine rings is 1. The van der Waals surface area contributed by atoms with Gasteiger partial charge < -0.3 is 9.64 Å². The molecule has 3 heteroatoms. The minimum Gasteiger partial charge on any atom is -0.435 e. The van der Waals surface area contributed by atoms with E-state index < -0.39 is 0 Å². The summed E-state index contributed by atoms with van der Waals surface area (Å²) in [6, 6.07) is 33.7. The molecule has 3 heterocycles. The number of rotatable bonds is 7. The summed E-state index contributed by atoms with van der Waals surface area (Å²) in [4.78, 5) is 5.18. The van der Waals surface area contributed by atoms with Gasteiger partial charge in [-0.1, -0.05) is 91.0 Å². The van der Waals surface area contributed by atoms with Crippen LogP contribution in [-0.4, -0.2) is 28.9 Å². The van der Waals surface area contributed by atoms with Gasteiger partial charge in [0.25, 0.3) is 0 Å². The molecule has 34 heavy (non-hydrogen) atoms. The van der Waals surface area contributed by atoms with Crippen LogP contribution in [0.1, 0.15) is 48.4 Å². The Morgan fingerprint density at radius 2 is 1.24 bits per heavy atom. The van der Waals surface area contributed by atoms with E-state index in [0.717, 1.165) is 32.0 Å². The summed E-state index contributed by atoms with van der Waals surface area (Å²) >= 11 is 0. The van der Waals surface area contributed by atoms with Gasteiger partial charge in [0.1, 0.15) is 0 Å². The van der Waals surface area contributed by atoms with E-state index in [1.165, 1.54) is 54.0 Å². The zero-order chi connectivity index (χ0) is 22.7. The number of ether oxygens (including phenoxy) is 1. The molecule has 0 N–H and O–H groups in total. The van der Waals surface area contributed by atoms with Crippen LogP contribution in [0.3, 0.4) is 0 Å². The first kappa shape index (κ1) is 21.5. The van der Waals surface area contributed by atoms with Crippen LogP contribution in [0.5, 0.6) is 0 Å². The van der Waals surface area contributed by atoms with Crippen molar-refractivity contribution in [3.63, 3.8) is 0 Å². The van der Waals surface area contributed by atoms with Gasteiger partial charge in [-0.2, -0.15) is 0 Å². The number of nitrogens with zero attached hydrogens (tertiary/aromatic N) is 2. The number of likely N-dealkylation sites (tertiary alicyclic amines) is 2. The van der Waals surface area contributed by atoms with Gasteiger partial charge in [-0.3, -0.25) is 4.90 Å². The molecule has 0 saturated carbocycles. The fourth-order valence-corrected chi connectivity index (χ4v) is 5.99. The van der Waals surface area contributed by atoms with Gasteiger partial charge >= 0.3 is 0 Å². The maximum absolute atomic E-state index is 6.26. The van der Waals surface area contributed by atoms with E-state index in [2.05, 4.69) is 101 Å². The zero-order valence-corrected chi connectivity index (χ0v) is 19.9.